The highest BCUT2D eigenvalue weighted by Crippen LogP contribution is 2.26. The van der Waals surface area contributed by atoms with Crippen LogP contribution in [0.3, 0.4) is 0 Å². The molecule has 1 amide bonds. The predicted molar refractivity (Wildman–Crippen MR) is 73.5 cm³/mol. The van der Waals surface area contributed by atoms with Crippen LogP contribution in [0.5, 0.6) is 0 Å². The zero-order valence-corrected chi connectivity index (χ0v) is 11.8. The van der Waals surface area contributed by atoms with Crippen LogP contribution in [0, 0.1) is 6.92 Å². The molecule has 0 aliphatic carbocycles. The number of nitrogens with zero attached hydrogens (tertiary/aromatic N) is 4. The fourth-order valence-corrected chi connectivity index (χ4v) is 2.84. The van der Waals surface area contributed by atoms with Gasteiger partial charge < -0.3 is 9.64 Å². The second-order valence-corrected chi connectivity index (χ2v) is 5.53. The summed E-state index contributed by atoms with van der Waals surface area (Å²) in [7, 11) is 0. The van der Waals surface area contributed by atoms with Gasteiger partial charge in [0, 0.05) is 24.3 Å². The Bertz CT molecular complexity index is 601. The Labute approximate surface area is 120 Å². The van der Waals surface area contributed by atoms with E-state index in [4.69, 9.17) is 4.74 Å². The van der Waals surface area contributed by atoms with Crippen molar-refractivity contribution in [3.63, 3.8) is 0 Å². The third kappa shape index (κ3) is 2.54. The Morgan fingerprint density at radius 2 is 2.40 bits per heavy atom. The number of morpholine rings is 1. The van der Waals surface area contributed by atoms with Gasteiger partial charge in [-0.1, -0.05) is 0 Å². The normalized spacial score (nSPS) is 19.1. The van der Waals surface area contributed by atoms with E-state index in [-0.39, 0.29) is 11.9 Å². The molecule has 0 saturated carbocycles. The molecular weight excluding hydrogens is 276 g/mol. The molecule has 0 spiro atoms. The molecule has 2 aromatic heterocycles. The molecule has 0 aromatic carbocycles. The number of ether oxygens (including phenoxy) is 1. The summed E-state index contributed by atoms with van der Waals surface area (Å²) in [6.45, 7) is 3.49. The van der Waals surface area contributed by atoms with Crippen LogP contribution in [-0.2, 0) is 4.74 Å². The summed E-state index contributed by atoms with van der Waals surface area (Å²) in [5.41, 5.74) is 1.23. The first kappa shape index (κ1) is 13.1. The van der Waals surface area contributed by atoms with Gasteiger partial charge in [-0.05, 0) is 6.92 Å². The molecule has 3 heterocycles. The Morgan fingerprint density at radius 3 is 3.10 bits per heavy atom. The fraction of sp³-hybridized carbons (Fsp3) is 0.385. The second-order valence-electron chi connectivity index (χ2n) is 4.47. The number of carbonyl (C=O) groups excluding carboxylic acids is 1. The average Bonchev–Trinajstić information content (AvgIpc) is 2.94. The third-order valence-corrected chi connectivity index (χ3v) is 3.94. The van der Waals surface area contributed by atoms with E-state index in [2.05, 4.69) is 15.0 Å². The van der Waals surface area contributed by atoms with Gasteiger partial charge in [0.1, 0.15) is 5.69 Å². The molecule has 2 aromatic rings. The average molecular weight is 290 g/mol. The van der Waals surface area contributed by atoms with Crippen molar-refractivity contribution in [2.24, 2.45) is 0 Å². The van der Waals surface area contributed by atoms with Crippen LogP contribution in [0.15, 0.2) is 24.0 Å². The number of amides is 1. The van der Waals surface area contributed by atoms with Crippen LogP contribution >= 0.6 is 11.3 Å². The number of hydrogen-bond acceptors (Lipinski definition) is 6. The third-order valence-electron chi connectivity index (χ3n) is 3.15. The van der Waals surface area contributed by atoms with Gasteiger partial charge in [-0.15, -0.1) is 11.3 Å². The lowest BCUT2D eigenvalue weighted by Gasteiger charge is -2.34. The number of hydrogen-bond donors (Lipinski definition) is 0. The van der Waals surface area contributed by atoms with E-state index in [0.29, 0.717) is 25.5 Å². The molecule has 0 unspecified atom stereocenters. The van der Waals surface area contributed by atoms with E-state index in [1.165, 1.54) is 12.4 Å². The van der Waals surface area contributed by atoms with Gasteiger partial charge in [-0.2, -0.15) is 0 Å². The highest BCUT2D eigenvalue weighted by Gasteiger charge is 2.31. The Morgan fingerprint density at radius 1 is 1.50 bits per heavy atom. The maximum Gasteiger partial charge on any atom is 0.274 e. The van der Waals surface area contributed by atoms with E-state index in [1.54, 1.807) is 22.4 Å². The van der Waals surface area contributed by atoms with Gasteiger partial charge in [0.25, 0.3) is 5.91 Å². The second kappa shape index (κ2) is 5.64. The summed E-state index contributed by atoms with van der Waals surface area (Å²) in [6.07, 6.45) is 4.56. The summed E-state index contributed by atoms with van der Waals surface area (Å²) in [6, 6.07) is -0.150. The molecule has 20 heavy (non-hydrogen) atoms. The number of aromatic nitrogens is 3. The lowest BCUT2D eigenvalue weighted by atomic mass is 10.1. The lowest BCUT2D eigenvalue weighted by molar-refractivity contribution is -0.00409. The van der Waals surface area contributed by atoms with Crippen LogP contribution in [0.1, 0.15) is 27.2 Å². The standard InChI is InChI=1S/C13H14N4O2S/c1-9-16-11(8-20-9)12-7-19-5-4-17(12)13(18)10-6-14-2-3-15-10/h2-3,6,8,12H,4-5,7H2,1H3/t12-/m1/s1. The smallest absolute Gasteiger partial charge is 0.274 e. The maximum atomic E-state index is 12.5. The molecule has 1 saturated heterocycles. The first-order valence-corrected chi connectivity index (χ1v) is 7.20. The monoisotopic (exact) mass is 290 g/mol. The first-order chi connectivity index (χ1) is 9.75. The minimum absolute atomic E-state index is 0.128. The summed E-state index contributed by atoms with van der Waals surface area (Å²) in [5.74, 6) is -0.128. The highest BCUT2D eigenvalue weighted by atomic mass is 32.1. The Balaban J connectivity index is 1.87. The molecule has 1 aliphatic heterocycles. The molecular formula is C13H14N4O2S. The van der Waals surface area contributed by atoms with Crippen LogP contribution in [-0.4, -0.2) is 45.5 Å². The van der Waals surface area contributed by atoms with E-state index in [9.17, 15) is 4.79 Å². The maximum absolute atomic E-state index is 12.5. The van der Waals surface area contributed by atoms with Crippen LogP contribution in [0.4, 0.5) is 0 Å². The lowest BCUT2D eigenvalue weighted by Crippen LogP contribution is -2.43. The van der Waals surface area contributed by atoms with Crippen molar-refractivity contribution in [3.8, 4) is 0 Å². The van der Waals surface area contributed by atoms with Crippen LogP contribution in [0.2, 0.25) is 0 Å². The summed E-state index contributed by atoms with van der Waals surface area (Å²) in [4.78, 5) is 26.8. The van der Waals surface area contributed by atoms with E-state index >= 15 is 0 Å². The van der Waals surface area contributed by atoms with Gasteiger partial charge in [-0.3, -0.25) is 9.78 Å². The zero-order valence-electron chi connectivity index (χ0n) is 11.0. The van der Waals surface area contributed by atoms with Crippen molar-refractivity contribution in [2.45, 2.75) is 13.0 Å². The summed E-state index contributed by atoms with van der Waals surface area (Å²) in [5, 5.41) is 2.96. The molecule has 0 N–H and O–H groups in total. The summed E-state index contributed by atoms with van der Waals surface area (Å²) < 4.78 is 5.50. The van der Waals surface area contributed by atoms with Crippen molar-refractivity contribution >= 4 is 17.2 Å². The van der Waals surface area contributed by atoms with Gasteiger partial charge >= 0.3 is 0 Å². The molecule has 1 atom stereocenters. The molecule has 1 aliphatic rings. The topological polar surface area (TPSA) is 68.2 Å². The minimum atomic E-state index is -0.150. The van der Waals surface area contributed by atoms with Crippen molar-refractivity contribution in [1.29, 1.82) is 0 Å². The minimum Gasteiger partial charge on any atom is -0.377 e. The number of rotatable bonds is 2. The summed E-state index contributed by atoms with van der Waals surface area (Å²) >= 11 is 1.58. The molecule has 0 bridgehead atoms. The number of carbonyl (C=O) groups is 1. The predicted octanol–water partition coefficient (Wildman–Crippen LogP) is 1.46. The zero-order chi connectivity index (χ0) is 13.9. The van der Waals surface area contributed by atoms with Gasteiger partial charge in [0.2, 0.25) is 0 Å². The number of thiazole rings is 1. The van der Waals surface area contributed by atoms with Crippen molar-refractivity contribution < 1.29 is 9.53 Å². The van der Waals surface area contributed by atoms with Gasteiger partial charge in [-0.25, -0.2) is 9.97 Å². The molecule has 7 heteroatoms. The molecule has 0 radical (unpaired) electrons. The highest BCUT2D eigenvalue weighted by molar-refractivity contribution is 7.09. The van der Waals surface area contributed by atoms with Crippen molar-refractivity contribution in [2.75, 3.05) is 19.8 Å². The quantitative estimate of drug-likeness (QED) is 0.837. The van der Waals surface area contributed by atoms with E-state index < -0.39 is 0 Å². The number of aryl methyl sites for hydroxylation is 1. The largest absolute Gasteiger partial charge is 0.377 e. The molecule has 1 fully saturated rings. The van der Waals surface area contributed by atoms with Crippen LogP contribution in [0.25, 0.3) is 0 Å². The van der Waals surface area contributed by atoms with E-state index in [1.807, 2.05) is 12.3 Å². The van der Waals surface area contributed by atoms with E-state index in [0.717, 1.165) is 10.7 Å². The van der Waals surface area contributed by atoms with Gasteiger partial charge in [0.05, 0.1) is 36.2 Å². The molecule has 3 rings (SSSR count). The molecule has 6 nitrogen and oxygen atoms in total. The van der Waals surface area contributed by atoms with Crippen LogP contribution < -0.4 is 0 Å². The van der Waals surface area contributed by atoms with Gasteiger partial charge in [0.15, 0.2) is 0 Å². The Hall–Kier alpha value is -1.86. The van der Waals surface area contributed by atoms with Crippen molar-refractivity contribution in [3.05, 3.63) is 40.4 Å². The fourth-order valence-electron chi connectivity index (χ4n) is 2.18. The van der Waals surface area contributed by atoms with Crippen molar-refractivity contribution in [1.82, 2.24) is 19.9 Å². The SMILES string of the molecule is Cc1nc([C@H]2COCCN2C(=O)c2cnccn2)cs1. The Kier molecular flexibility index (Phi) is 3.70. The molecule has 104 valence electrons. The first-order valence-electron chi connectivity index (χ1n) is 6.32.